The Hall–Kier alpha value is -1.44. The highest BCUT2D eigenvalue weighted by molar-refractivity contribution is 7.89. The SMILES string of the molecule is CC(O)CN(C)S(=O)(=O)c1ccc(C(N)=O)cc1. The normalized spacial score (nSPS) is 13.6. The van der Waals surface area contributed by atoms with Crippen molar-refractivity contribution in [2.24, 2.45) is 5.73 Å². The molecule has 0 aliphatic carbocycles. The van der Waals surface area contributed by atoms with Gasteiger partial charge in [0.1, 0.15) is 0 Å². The zero-order valence-corrected chi connectivity index (χ0v) is 11.0. The molecule has 0 heterocycles. The molecule has 1 atom stereocenters. The maximum atomic E-state index is 12.0. The molecule has 0 saturated carbocycles. The van der Waals surface area contributed by atoms with Crippen LogP contribution in [0.25, 0.3) is 0 Å². The highest BCUT2D eigenvalue weighted by Crippen LogP contribution is 2.15. The van der Waals surface area contributed by atoms with E-state index in [0.29, 0.717) is 0 Å². The average Bonchev–Trinajstić information content (AvgIpc) is 2.28. The van der Waals surface area contributed by atoms with E-state index in [9.17, 15) is 18.3 Å². The summed E-state index contributed by atoms with van der Waals surface area (Å²) in [5, 5.41) is 9.18. The number of aliphatic hydroxyl groups is 1. The molecule has 6 nitrogen and oxygen atoms in total. The van der Waals surface area contributed by atoms with Crippen molar-refractivity contribution in [1.82, 2.24) is 4.31 Å². The van der Waals surface area contributed by atoms with E-state index >= 15 is 0 Å². The minimum absolute atomic E-state index is 0.0000950. The summed E-state index contributed by atoms with van der Waals surface area (Å²) >= 11 is 0. The van der Waals surface area contributed by atoms with Crippen LogP contribution in [0.3, 0.4) is 0 Å². The second kappa shape index (κ2) is 5.47. The Morgan fingerprint density at radius 2 is 1.89 bits per heavy atom. The first-order valence-corrected chi connectivity index (χ1v) is 6.73. The Bertz CT molecular complexity index is 522. The van der Waals surface area contributed by atoms with Crippen molar-refractivity contribution >= 4 is 15.9 Å². The molecule has 0 fully saturated rings. The summed E-state index contributed by atoms with van der Waals surface area (Å²) in [6.45, 7) is 1.50. The molecule has 0 aromatic heterocycles. The zero-order chi connectivity index (χ0) is 13.9. The number of sulfonamides is 1. The number of hydrogen-bond donors (Lipinski definition) is 2. The number of carbonyl (C=O) groups is 1. The molecule has 18 heavy (non-hydrogen) atoms. The molecule has 100 valence electrons. The molecule has 0 spiro atoms. The standard InChI is InChI=1S/C11H16N2O4S/c1-8(14)7-13(2)18(16,17)10-5-3-9(4-6-10)11(12)15/h3-6,8,14H,7H2,1-2H3,(H2,12,15). The summed E-state index contributed by atoms with van der Waals surface area (Å²) in [6.07, 6.45) is -0.755. The number of carbonyl (C=O) groups excluding carboxylic acids is 1. The van der Waals surface area contributed by atoms with Gasteiger partial charge in [-0.25, -0.2) is 8.42 Å². The van der Waals surface area contributed by atoms with Crippen LogP contribution in [0.1, 0.15) is 17.3 Å². The van der Waals surface area contributed by atoms with Gasteiger partial charge in [0.2, 0.25) is 15.9 Å². The van der Waals surface area contributed by atoms with Gasteiger partial charge >= 0.3 is 0 Å². The summed E-state index contributed by atoms with van der Waals surface area (Å²) in [5.41, 5.74) is 5.31. The molecule has 1 rings (SSSR count). The van der Waals surface area contributed by atoms with Crippen molar-refractivity contribution < 1.29 is 18.3 Å². The monoisotopic (exact) mass is 272 g/mol. The van der Waals surface area contributed by atoms with Crippen LogP contribution in [0.15, 0.2) is 29.2 Å². The third-order valence-electron chi connectivity index (χ3n) is 2.37. The number of primary amides is 1. The molecule has 0 radical (unpaired) electrons. The van der Waals surface area contributed by atoms with Crippen LogP contribution in [0.4, 0.5) is 0 Å². The van der Waals surface area contributed by atoms with E-state index in [0.717, 1.165) is 4.31 Å². The molecule has 1 aromatic carbocycles. The Labute approximate surface area is 106 Å². The highest BCUT2D eigenvalue weighted by atomic mass is 32.2. The van der Waals surface area contributed by atoms with Gasteiger partial charge in [-0.15, -0.1) is 0 Å². The van der Waals surface area contributed by atoms with E-state index in [1.165, 1.54) is 38.2 Å². The van der Waals surface area contributed by atoms with Gasteiger partial charge in [0, 0.05) is 19.2 Å². The summed E-state index contributed by atoms with van der Waals surface area (Å²) in [7, 11) is -2.28. The van der Waals surface area contributed by atoms with Gasteiger partial charge in [0.05, 0.1) is 11.0 Å². The van der Waals surface area contributed by atoms with Gasteiger partial charge in [-0.05, 0) is 31.2 Å². The van der Waals surface area contributed by atoms with Crippen molar-refractivity contribution in [1.29, 1.82) is 0 Å². The number of hydrogen-bond acceptors (Lipinski definition) is 4. The molecule has 1 amide bonds. The first-order valence-electron chi connectivity index (χ1n) is 5.29. The fraction of sp³-hybridized carbons (Fsp3) is 0.364. The average molecular weight is 272 g/mol. The quantitative estimate of drug-likeness (QED) is 0.774. The van der Waals surface area contributed by atoms with E-state index < -0.39 is 22.0 Å². The van der Waals surface area contributed by atoms with Crippen molar-refractivity contribution in [3.8, 4) is 0 Å². The molecule has 0 aliphatic rings. The fourth-order valence-corrected chi connectivity index (χ4v) is 2.69. The molecule has 0 saturated heterocycles. The molecular weight excluding hydrogens is 256 g/mol. The number of nitrogens with zero attached hydrogens (tertiary/aromatic N) is 1. The number of benzene rings is 1. The smallest absolute Gasteiger partial charge is 0.248 e. The van der Waals surface area contributed by atoms with Crippen molar-refractivity contribution in [2.45, 2.75) is 17.9 Å². The number of aliphatic hydroxyl groups excluding tert-OH is 1. The molecule has 1 aromatic rings. The maximum Gasteiger partial charge on any atom is 0.248 e. The lowest BCUT2D eigenvalue weighted by atomic mass is 10.2. The fourth-order valence-electron chi connectivity index (χ4n) is 1.44. The van der Waals surface area contributed by atoms with Gasteiger partial charge in [-0.2, -0.15) is 4.31 Å². The molecule has 1 unspecified atom stereocenters. The Morgan fingerprint density at radius 1 is 1.39 bits per heavy atom. The maximum absolute atomic E-state index is 12.0. The Kier molecular flexibility index (Phi) is 4.44. The van der Waals surface area contributed by atoms with Gasteiger partial charge in [0.25, 0.3) is 0 Å². The lowest BCUT2D eigenvalue weighted by Gasteiger charge is -2.18. The lowest BCUT2D eigenvalue weighted by Crippen LogP contribution is -2.33. The first-order chi connectivity index (χ1) is 8.25. The third kappa shape index (κ3) is 3.28. The Morgan fingerprint density at radius 3 is 2.28 bits per heavy atom. The van der Waals surface area contributed by atoms with Crippen LogP contribution in [0.5, 0.6) is 0 Å². The molecule has 7 heteroatoms. The number of likely N-dealkylation sites (N-methyl/N-ethyl adjacent to an activating group) is 1. The first kappa shape index (κ1) is 14.6. The van der Waals surface area contributed by atoms with Gasteiger partial charge in [-0.3, -0.25) is 4.79 Å². The number of nitrogens with two attached hydrogens (primary N) is 1. The molecular formula is C11H16N2O4S. The van der Waals surface area contributed by atoms with Crippen LogP contribution in [0, 0.1) is 0 Å². The van der Waals surface area contributed by atoms with Gasteiger partial charge in [0.15, 0.2) is 0 Å². The topological polar surface area (TPSA) is 101 Å². The van der Waals surface area contributed by atoms with Crippen LogP contribution < -0.4 is 5.73 Å². The summed E-state index contributed by atoms with van der Waals surface area (Å²) in [6, 6.07) is 5.33. The predicted octanol–water partition coefficient (Wildman–Crippen LogP) is -0.213. The minimum atomic E-state index is -3.66. The van der Waals surface area contributed by atoms with E-state index in [1.54, 1.807) is 0 Å². The summed E-state index contributed by atoms with van der Waals surface area (Å²) in [5.74, 6) is -0.615. The zero-order valence-electron chi connectivity index (χ0n) is 10.2. The second-order valence-electron chi connectivity index (χ2n) is 4.02. The van der Waals surface area contributed by atoms with Crippen LogP contribution >= 0.6 is 0 Å². The van der Waals surface area contributed by atoms with Crippen molar-refractivity contribution in [2.75, 3.05) is 13.6 Å². The third-order valence-corrected chi connectivity index (χ3v) is 4.21. The second-order valence-corrected chi connectivity index (χ2v) is 6.07. The summed E-state index contributed by atoms with van der Waals surface area (Å²) < 4.78 is 25.1. The molecule has 0 aliphatic heterocycles. The Balaban J connectivity index is 3.02. The van der Waals surface area contributed by atoms with Crippen LogP contribution in [-0.4, -0.2) is 43.4 Å². The van der Waals surface area contributed by atoms with Crippen molar-refractivity contribution in [3.63, 3.8) is 0 Å². The molecule has 3 N–H and O–H groups in total. The van der Waals surface area contributed by atoms with E-state index in [2.05, 4.69) is 0 Å². The largest absolute Gasteiger partial charge is 0.392 e. The number of rotatable bonds is 5. The number of amides is 1. The van der Waals surface area contributed by atoms with Crippen LogP contribution in [0.2, 0.25) is 0 Å². The lowest BCUT2D eigenvalue weighted by molar-refractivity contribution is 0.1000. The van der Waals surface area contributed by atoms with Crippen molar-refractivity contribution in [3.05, 3.63) is 29.8 Å². The van der Waals surface area contributed by atoms with Gasteiger partial charge in [-0.1, -0.05) is 0 Å². The van der Waals surface area contributed by atoms with E-state index in [1.807, 2.05) is 0 Å². The predicted molar refractivity (Wildman–Crippen MR) is 66.5 cm³/mol. The van der Waals surface area contributed by atoms with E-state index in [4.69, 9.17) is 5.73 Å². The van der Waals surface area contributed by atoms with Crippen LogP contribution in [-0.2, 0) is 10.0 Å². The highest BCUT2D eigenvalue weighted by Gasteiger charge is 2.21. The van der Waals surface area contributed by atoms with E-state index in [-0.39, 0.29) is 17.0 Å². The summed E-state index contributed by atoms with van der Waals surface area (Å²) in [4.78, 5) is 10.9. The minimum Gasteiger partial charge on any atom is -0.392 e. The van der Waals surface area contributed by atoms with Gasteiger partial charge < -0.3 is 10.8 Å². The molecule has 0 bridgehead atoms.